The quantitative estimate of drug-likeness (QED) is 0.620. The highest BCUT2D eigenvalue weighted by Gasteiger charge is 2.31. The van der Waals surface area contributed by atoms with Gasteiger partial charge in [-0.25, -0.2) is 22.5 Å². The van der Waals surface area contributed by atoms with Crippen molar-refractivity contribution in [3.63, 3.8) is 0 Å². The molecule has 164 valence electrons. The molecule has 4 rings (SSSR count). The maximum atomic E-state index is 13.0. The van der Waals surface area contributed by atoms with E-state index in [4.69, 9.17) is 0 Å². The summed E-state index contributed by atoms with van der Waals surface area (Å²) < 4.78 is 30.0. The smallest absolute Gasteiger partial charge is 0.331 e. The van der Waals surface area contributed by atoms with Crippen molar-refractivity contribution in [2.24, 2.45) is 0 Å². The Morgan fingerprint density at radius 3 is 2.61 bits per heavy atom. The van der Waals surface area contributed by atoms with Crippen molar-refractivity contribution in [2.75, 3.05) is 13.1 Å². The van der Waals surface area contributed by atoms with Gasteiger partial charge in [-0.15, -0.1) is 0 Å². The molecule has 0 radical (unpaired) electrons. The molecule has 31 heavy (non-hydrogen) atoms. The van der Waals surface area contributed by atoms with E-state index in [1.54, 1.807) is 24.4 Å². The fourth-order valence-corrected chi connectivity index (χ4v) is 5.76. The molecule has 0 atom stereocenters. The van der Waals surface area contributed by atoms with Crippen LogP contribution in [0.15, 0.2) is 47.4 Å². The lowest BCUT2D eigenvalue weighted by atomic mass is 10.1. The van der Waals surface area contributed by atoms with Gasteiger partial charge in [0.2, 0.25) is 10.0 Å². The Kier molecular flexibility index (Phi) is 5.67. The van der Waals surface area contributed by atoms with E-state index in [9.17, 15) is 23.1 Å². The Morgan fingerprint density at radius 1 is 1.19 bits per heavy atom. The van der Waals surface area contributed by atoms with Gasteiger partial charge in [0.15, 0.2) is 5.65 Å². The molecule has 0 saturated carbocycles. The van der Waals surface area contributed by atoms with Crippen LogP contribution in [0, 0.1) is 6.92 Å². The number of sulfonamides is 1. The summed E-state index contributed by atoms with van der Waals surface area (Å²) in [7, 11) is -3.47. The molecule has 0 spiro atoms. The van der Waals surface area contributed by atoms with E-state index in [2.05, 4.69) is 4.98 Å². The zero-order chi connectivity index (χ0) is 22.2. The van der Waals surface area contributed by atoms with Crippen LogP contribution in [-0.4, -0.2) is 51.0 Å². The fraction of sp³-hybridized carbons (Fsp3) is 0.381. The van der Waals surface area contributed by atoms with Crippen LogP contribution < -0.4 is 5.69 Å². The standard InChI is InChI=1S/C21H24N4O5S/c1-15-4-2-5-16(12-15)14-31(29,30)23-10-7-17(8-11-23)25-20-18(6-3-9-22-20)24(21(25)28)13-19(26)27/h2-6,9,12,17H,7-8,10-11,13-14H2,1H3,(H,26,27). The molecule has 0 unspecified atom stereocenters. The summed E-state index contributed by atoms with van der Waals surface area (Å²) in [6.07, 6.45) is 2.47. The molecule has 1 aliphatic rings. The second kappa shape index (κ2) is 8.27. The Labute approximate surface area is 179 Å². The largest absolute Gasteiger partial charge is 0.480 e. The van der Waals surface area contributed by atoms with E-state index in [1.165, 1.54) is 13.4 Å². The molecule has 0 bridgehead atoms. The molecular weight excluding hydrogens is 420 g/mol. The normalized spacial score (nSPS) is 16.0. The van der Waals surface area contributed by atoms with Crippen LogP contribution in [0.4, 0.5) is 0 Å². The molecule has 0 aliphatic carbocycles. The molecule has 1 aliphatic heterocycles. The average Bonchev–Trinajstić information content (AvgIpc) is 2.99. The van der Waals surface area contributed by atoms with Gasteiger partial charge in [0.25, 0.3) is 0 Å². The first kappa shape index (κ1) is 21.3. The zero-order valence-corrected chi connectivity index (χ0v) is 18.0. The molecule has 3 heterocycles. The fourth-order valence-electron chi connectivity index (χ4n) is 4.21. The third-order valence-electron chi connectivity index (χ3n) is 5.63. The van der Waals surface area contributed by atoms with E-state index in [-0.39, 0.29) is 11.8 Å². The van der Waals surface area contributed by atoms with Crippen LogP contribution >= 0.6 is 0 Å². The number of piperidine rings is 1. The van der Waals surface area contributed by atoms with Crippen molar-refractivity contribution in [2.45, 2.75) is 38.1 Å². The van der Waals surface area contributed by atoms with Crippen molar-refractivity contribution in [3.05, 3.63) is 64.2 Å². The number of carboxylic acids is 1. The highest BCUT2D eigenvalue weighted by Crippen LogP contribution is 2.27. The lowest BCUT2D eigenvalue weighted by molar-refractivity contribution is -0.137. The summed E-state index contributed by atoms with van der Waals surface area (Å²) in [5.74, 6) is -1.17. The number of aliphatic carboxylic acids is 1. The summed E-state index contributed by atoms with van der Waals surface area (Å²) in [6.45, 7) is 2.07. The third-order valence-corrected chi connectivity index (χ3v) is 7.48. The van der Waals surface area contributed by atoms with Crippen LogP contribution in [0.1, 0.15) is 30.0 Å². The molecule has 0 amide bonds. The SMILES string of the molecule is Cc1cccc(CS(=O)(=O)N2CCC(n3c(=O)n(CC(=O)O)c4cccnc43)CC2)c1. The van der Waals surface area contributed by atoms with Crippen molar-refractivity contribution < 1.29 is 18.3 Å². The minimum atomic E-state index is -3.47. The maximum Gasteiger partial charge on any atom is 0.331 e. The average molecular weight is 445 g/mol. The van der Waals surface area contributed by atoms with Crippen molar-refractivity contribution in [1.82, 2.24) is 18.4 Å². The summed E-state index contributed by atoms with van der Waals surface area (Å²) in [4.78, 5) is 28.5. The first-order valence-corrected chi connectivity index (χ1v) is 11.7. The number of aromatic nitrogens is 3. The second-order valence-corrected chi connectivity index (χ2v) is 9.82. The van der Waals surface area contributed by atoms with Crippen LogP contribution in [0.25, 0.3) is 11.2 Å². The number of carboxylic acid groups (broad SMARTS) is 1. The van der Waals surface area contributed by atoms with Crippen molar-refractivity contribution >= 4 is 27.2 Å². The lowest BCUT2D eigenvalue weighted by Crippen LogP contribution is -2.41. The van der Waals surface area contributed by atoms with E-state index < -0.39 is 28.2 Å². The molecule has 10 heteroatoms. The number of carbonyl (C=O) groups is 1. The van der Waals surface area contributed by atoms with Gasteiger partial charge in [0, 0.05) is 25.3 Å². The predicted octanol–water partition coefficient (Wildman–Crippen LogP) is 1.76. The number of nitrogens with zero attached hydrogens (tertiary/aromatic N) is 4. The van der Waals surface area contributed by atoms with Gasteiger partial charge in [-0.05, 0) is 37.5 Å². The predicted molar refractivity (Wildman–Crippen MR) is 115 cm³/mol. The van der Waals surface area contributed by atoms with E-state index in [1.807, 2.05) is 25.1 Å². The van der Waals surface area contributed by atoms with Gasteiger partial charge >= 0.3 is 11.7 Å². The monoisotopic (exact) mass is 444 g/mol. The molecule has 1 saturated heterocycles. The molecule has 1 aromatic carbocycles. The molecular formula is C21H24N4O5S. The van der Waals surface area contributed by atoms with Gasteiger partial charge in [-0.2, -0.15) is 0 Å². The number of imidazole rings is 1. The Balaban J connectivity index is 1.55. The lowest BCUT2D eigenvalue weighted by Gasteiger charge is -2.31. The molecule has 1 N–H and O–H groups in total. The Bertz CT molecular complexity index is 1290. The minimum absolute atomic E-state index is 0.0568. The van der Waals surface area contributed by atoms with E-state index >= 15 is 0 Å². The second-order valence-electron chi connectivity index (χ2n) is 7.85. The molecule has 3 aromatic rings. The number of aryl methyl sites for hydroxylation is 1. The van der Waals surface area contributed by atoms with Gasteiger partial charge in [-0.1, -0.05) is 29.8 Å². The van der Waals surface area contributed by atoms with Gasteiger partial charge in [0.1, 0.15) is 6.54 Å². The number of benzene rings is 1. The third kappa shape index (κ3) is 4.26. The summed E-state index contributed by atoms with van der Waals surface area (Å²) in [5, 5.41) is 9.17. The summed E-state index contributed by atoms with van der Waals surface area (Å²) in [6, 6.07) is 10.5. The molecule has 2 aromatic heterocycles. The van der Waals surface area contributed by atoms with Gasteiger partial charge < -0.3 is 5.11 Å². The van der Waals surface area contributed by atoms with Crippen molar-refractivity contribution in [1.29, 1.82) is 0 Å². The highest BCUT2D eigenvalue weighted by molar-refractivity contribution is 7.88. The summed E-state index contributed by atoms with van der Waals surface area (Å²) >= 11 is 0. The van der Waals surface area contributed by atoms with Gasteiger partial charge in [0.05, 0.1) is 11.3 Å². The number of fused-ring (bicyclic) bond motifs is 1. The topological polar surface area (TPSA) is 114 Å². The minimum Gasteiger partial charge on any atom is -0.480 e. The number of pyridine rings is 1. The van der Waals surface area contributed by atoms with Crippen LogP contribution in [0.2, 0.25) is 0 Å². The number of hydrogen-bond donors (Lipinski definition) is 1. The van der Waals surface area contributed by atoms with Crippen molar-refractivity contribution in [3.8, 4) is 0 Å². The highest BCUT2D eigenvalue weighted by atomic mass is 32.2. The number of hydrogen-bond acceptors (Lipinski definition) is 5. The summed E-state index contributed by atoms with van der Waals surface area (Å²) in [5.41, 5.74) is 2.21. The van der Waals surface area contributed by atoms with Crippen LogP contribution in [-0.2, 0) is 27.1 Å². The Hall–Kier alpha value is -2.98. The van der Waals surface area contributed by atoms with E-state index in [0.717, 1.165) is 11.1 Å². The van der Waals surface area contributed by atoms with Crippen LogP contribution in [0.3, 0.4) is 0 Å². The van der Waals surface area contributed by atoms with E-state index in [0.29, 0.717) is 37.1 Å². The van der Waals surface area contributed by atoms with Crippen LogP contribution in [0.5, 0.6) is 0 Å². The first-order chi connectivity index (χ1) is 14.8. The molecule has 1 fully saturated rings. The number of rotatable bonds is 6. The maximum absolute atomic E-state index is 13.0. The first-order valence-electron chi connectivity index (χ1n) is 10.1. The zero-order valence-electron chi connectivity index (χ0n) is 17.1. The Morgan fingerprint density at radius 2 is 1.94 bits per heavy atom. The van der Waals surface area contributed by atoms with Gasteiger partial charge in [-0.3, -0.25) is 13.9 Å². The molecule has 9 nitrogen and oxygen atoms in total.